The molecule has 1 amide bonds. The van der Waals surface area contributed by atoms with Crippen LogP contribution >= 0.6 is 0 Å². The van der Waals surface area contributed by atoms with E-state index in [1.54, 1.807) is 17.1 Å². The van der Waals surface area contributed by atoms with Gasteiger partial charge in [-0.3, -0.25) is 9.48 Å². The quantitative estimate of drug-likeness (QED) is 0.672. The number of amides is 1. The minimum Gasteiger partial charge on any atom is -0.338 e. The Morgan fingerprint density at radius 3 is 2.85 bits per heavy atom. The summed E-state index contributed by atoms with van der Waals surface area (Å²) in [6.07, 6.45) is 4.58. The van der Waals surface area contributed by atoms with E-state index in [1.165, 1.54) is 0 Å². The maximum absolute atomic E-state index is 11.6. The molecule has 0 N–H and O–H groups in total. The third-order valence-corrected chi connectivity index (χ3v) is 2.35. The van der Waals surface area contributed by atoms with E-state index in [1.807, 2.05) is 11.8 Å². The molecule has 0 aliphatic carbocycles. The van der Waals surface area contributed by atoms with Gasteiger partial charge in [0.25, 0.3) is 5.91 Å². The molecule has 2 heterocycles. The van der Waals surface area contributed by atoms with Crippen LogP contribution in [0, 0.1) is 0 Å². The SMILES string of the molecule is CCn1cc(C(=O)N2CCC2)cn1. The molecule has 1 aliphatic heterocycles. The molecule has 0 aromatic carbocycles. The van der Waals surface area contributed by atoms with Gasteiger partial charge in [-0.15, -0.1) is 0 Å². The van der Waals surface area contributed by atoms with Crippen molar-refractivity contribution in [2.24, 2.45) is 0 Å². The highest BCUT2D eigenvalue weighted by atomic mass is 16.2. The standard InChI is InChI=1S/C9H13N3O/c1-2-12-7-8(6-10-12)9(13)11-4-3-5-11/h6-7H,2-5H2,1H3. The lowest BCUT2D eigenvalue weighted by molar-refractivity contribution is 0.0652. The van der Waals surface area contributed by atoms with Crippen molar-refractivity contribution in [1.29, 1.82) is 0 Å². The molecule has 70 valence electrons. The Kier molecular flexibility index (Phi) is 2.04. The molecule has 4 heteroatoms. The minimum absolute atomic E-state index is 0.117. The van der Waals surface area contributed by atoms with Crippen LogP contribution in [-0.2, 0) is 6.54 Å². The van der Waals surface area contributed by atoms with E-state index in [0.717, 1.165) is 26.1 Å². The van der Waals surface area contributed by atoms with E-state index in [2.05, 4.69) is 5.10 Å². The molecule has 13 heavy (non-hydrogen) atoms. The van der Waals surface area contributed by atoms with Crippen LogP contribution in [0.4, 0.5) is 0 Å². The van der Waals surface area contributed by atoms with Crippen LogP contribution in [0.1, 0.15) is 23.7 Å². The Morgan fingerprint density at radius 1 is 1.62 bits per heavy atom. The second-order valence-corrected chi connectivity index (χ2v) is 3.23. The summed E-state index contributed by atoms with van der Waals surface area (Å²) in [6, 6.07) is 0. The number of carbonyl (C=O) groups excluding carboxylic acids is 1. The normalized spacial score (nSPS) is 15.6. The predicted molar refractivity (Wildman–Crippen MR) is 48.4 cm³/mol. The fourth-order valence-electron chi connectivity index (χ4n) is 1.35. The van der Waals surface area contributed by atoms with Crippen LogP contribution in [0.3, 0.4) is 0 Å². The zero-order valence-electron chi connectivity index (χ0n) is 7.73. The number of hydrogen-bond donors (Lipinski definition) is 0. The van der Waals surface area contributed by atoms with E-state index >= 15 is 0 Å². The maximum atomic E-state index is 11.6. The number of hydrogen-bond acceptors (Lipinski definition) is 2. The molecule has 0 bridgehead atoms. The maximum Gasteiger partial charge on any atom is 0.257 e. The second-order valence-electron chi connectivity index (χ2n) is 3.23. The van der Waals surface area contributed by atoms with E-state index in [4.69, 9.17) is 0 Å². The van der Waals surface area contributed by atoms with Crippen molar-refractivity contribution in [2.45, 2.75) is 19.9 Å². The van der Waals surface area contributed by atoms with Gasteiger partial charge in [-0.1, -0.05) is 0 Å². The minimum atomic E-state index is 0.117. The van der Waals surface area contributed by atoms with Gasteiger partial charge in [0.1, 0.15) is 0 Å². The van der Waals surface area contributed by atoms with Gasteiger partial charge in [-0.25, -0.2) is 0 Å². The molecule has 1 fully saturated rings. The number of aromatic nitrogens is 2. The first-order valence-electron chi connectivity index (χ1n) is 4.63. The van der Waals surface area contributed by atoms with Crippen LogP contribution < -0.4 is 0 Å². The van der Waals surface area contributed by atoms with Crippen LogP contribution in [0.5, 0.6) is 0 Å². The fourth-order valence-corrected chi connectivity index (χ4v) is 1.35. The molecule has 1 aromatic rings. The van der Waals surface area contributed by atoms with Gasteiger partial charge in [0.05, 0.1) is 11.8 Å². The summed E-state index contributed by atoms with van der Waals surface area (Å²) in [4.78, 5) is 13.5. The highest BCUT2D eigenvalue weighted by Gasteiger charge is 2.22. The van der Waals surface area contributed by atoms with Gasteiger partial charge in [-0.05, 0) is 13.3 Å². The summed E-state index contributed by atoms with van der Waals surface area (Å²) in [5, 5.41) is 4.07. The highest BCUT2D eigenvalue weighted by Crippen LogP contribution is 2.11. The molecule has 0 spiro atoms. The van der Waals surface area contributed by atoms with E-state index in [0.29, 0.717) is 5.56 Å². The summed E-state index contributed by atoms with van der Waals surface area (Å²) in [7, 11) is 0. The number of carbonyl (C=O) groups is 1. The number of nitrogens with zero attached hydrogens (tertiary/aromatic N) is 3. The van der Waals surface area contributed by atoms with Crippen molar-refractivity contribution in [3.8, 4) is 0 Å². The van der Waals surface area contributed by atoms with E-state index in [9.17, 15) is 4.79 Å². The van der Waals surface area contributed by atoms with Gasteiger partial charge in [-0.2, -0.15) is 5.10 Å². The van der Waals surface area contributed by atoms with Crippen LogP contribution in [0.2, 0.25) is 0 Å². The zero-order valence-corrected chi connectivity index (χ0v) is 7.73. The topological polar surface area (TPSA) is 38.1 Å². The zero-order chi connectivity index (χ0) is 9.26. The number of rotatable bonds is 2. The lowest BCUT2D eigenvalue weighted by Crippen LogP contribution is -2.41. The van der Waals surface area contributed by atoms with Crippen molar-refractivity contribution < 1.29 is 4.79 Å². The van der Waals surface area contributed by atoms with E-state index in [-0.39, 0.29) is 5.91 Å². The van der Waals surface area contributed by atoms with Gasteiger partial charge in [0, 0.05) is 25.8 Å². The van der Waals surface area contributed by atoms with Crippen molar-refractivity contribution in [3.63, 3.8) is 0 Å². The molecule has 4 nitrogen and oxygen atoms in total. The Hall–Kier alpha value is -1.32. The Bertz CT molecular complexity index is 314. The van der Waals surface area contributed by atoms with Crippen molar-refractivity contribution in [1.82, 2.24) is 14.7 Å². The molecular weight excluding hydrogens is 166 g/mol. The largest absolute Gasteiger partial charge is 0.338 e. The molecule has 2 rings (SSSR count). The molecular formula is C9H13N3O. The summed E-state index contributed by atoms with van der Waals surface area (Å²) in [6.45, 7) is 4.62. The Labute approximate surface area is 77.1 Å². The van der Waals surface area contributed by atoms with Crippen LogP contribution in [-0.4, -0.2) is 33.7 Å². The second kappa shape index (κ2) is 3.20. The Morgan fingerprint density at radius 2 is 2.38 bits per heavy atom. The van der Waals surface area contributed by atoms with Crippen molar-refractivity contribution in [3.05, 3.63) is 18.0 Å². The monoisotopic (exact) mass is 179 g/mol. The average molecular weight is 179 g/mol. The summed E-state index contributed by atoms with van der Waals surface area (Å²) in [5.74, 6) is 0.117. The number of likely N-dealkylation sites (tertiary alicyclic amines) is 1. The lowest BCUT2D eigenvalue weighted by Gasteiger charge is -2.30. The molecule has 1 aliphatic rings. The third kappa shape index (κ3) is 1.43. The highest BCUT2D eigenvalue weighted by molar-refractivity contribution is 5.94. The van der Waals surface area contributed by atoms with Crippen LogP contribution in [0.15, 0.2) is 12.4 Å². The lowest BCUT2D eigenvalue weighted by atomic mass is 10.2. The first-order valence-corrected chi connectivity index (χ1v) is 4.63. The fraction of sp³-hybridized carbons (Fsp3) is 0.556. The summed E-state index contributed by atoms with van der Waals surface area (Å²) < 4.78 is 1.77. The third-order valence-electron chi connectivity index (χ3n) is 2.35. The molecule has 1 aromatic heterocycles. The molecule has 0 radical (unpaired) electrons. The van der Waals surface area contributed by atoms with Gasteiger partial charge >= 0.3 is 0 Å². The van der Waals surface area contributed by atoms with Gasteiger partial charge in [0.15, 0.2) is 0 Å². The predicted octanol–water partition coefficient (Wildman–Crippen LogP) is 0.749. The molecule has 0 saturated carbocycles. The van der Waals surface area contributed by atoms with Gasteiger partial charge in [0.2, 0.25) is 0 Å². The molecule has 0 unspecified atom stereocenters. The van der Waals surface area contributed by atoms with Crippen molar-refractivity contribution >= 4 is 5.91 Å². The summed E-state index contributed by atoms with van der Waals surface area (Å²) >= 11 is 0. The first-order chi connectivity index (χ1) is 6.31. The summed E-state index contributed by atoms with van der Waals surface area (Å²) in [5.41, 5.74) is 0.710. The smallest absolute Gasteiger partial charge is 0.257 e. The van der Waals surface area contributed by atoms with E-state index < -0.39 is 0 Å². The molecule has 0 atom stereocenters. The number of aryl methyl sites for hydroxylation is 1. The van der Waals surface area contributed by atoms with Crippen LogP contribution in [0.25, 0.3) is 0 Å². The van der Waals surface area contributed by atoms with Crippen molar-refractivity contribution in [2.75, 3.05) is 13.1 Å². The van der Waals surface area contributed by atoms with Gasteiger partial charge < -0.3 is 4.90 Å². The first kappa shape index (κ1) is 8.29. The Balaban J connectivity index is 2.10. The molecule has 1 saturated heterocycles. The average Bonchev–Trinajstić information content (AvgIpc) is 2.48.